The second-order valence-corrected chi connectivity index (χ2v) is 5.43. The van der Waals surface area contributed by atoms with Gasteiger partial charge in [0, 0.05) is 43.3 Å². The third-order valence-corrected chi connectivity index (χ3v) is 4.36. The number of ether oxygens (including phenoxy) is 1. The minimum absolute atomic E-state index is 0. The molecule has 2 fully saturated rings. The number of nitrogens with zero attached hydrogens (tertiary/aromatic N) is 2. The molecule has 1 aromatic carbocycles. The fourth-order valence-corrected chi connectivity index (χ4v) is 3.28. The Kier molecular flexibility index (Phi) is 7.97. The molecule has 0 unspecified atom stereocenters. The Morgan fingerprint density at radius 3 is 2.48 bits per heavy atom. The first-order valence-corrected chi connectivity index (χ1v) is 6.57. The highest BCUT2D eigenvalue weighted by Crippen LogP contribution is 2.35. The van der Waals surface area contributed by atoms with Gasteiger partial charge >= 0.3 is 0 Å². The van der Waals surface area contributed by atoms with Gasteiger partial charge in [-0.25, -0.2) is 0 Å². The molecule has 2 heterocycles. The van der Waals surface area contributed by atoms with E-state index in [9.17, 15) is 0 Å². The van der Waals surface area contributed by atoms with E-state index < -0.39 is 0 Å². The summed E-state index contributed by atoms with van der Waals surface area (Å²) < 4.78 is 5.30. The summed E-state index contributed by atoms with van der Waals surface area (Å²) >= 11 is 0. The average molecular weight is 357 g/mol. The van der Waals surface area contributed by atoms with Crippen molar-refractivity contribution in [2.45, 2.75) is 12.5 Å². The van der Waals surface area contributed by atoms with Crippen LogP contribution in [0.15, 0.2) is 18.2 Å². The highest BCUT2D eigenvalue weighted by atomic mass is 35.5. The highest BCUT2D eigenvalue weighted by molar-refractivity contribution is 5.86. The number of methoxy groups -OCH3 is 1. The van der Waals surface area contributed by atoms with Crippen molar-refractivity contribution < 1.29 is 4.74 Å². The lowest BCUT2D eigenvalue weighted by Gasteiger charge is -2.52. The van der Waals surface area contributed by atoms with Gasteiger partial charge in [0.25, 0.3) is 0 Å². The van der Waals surface area contributed by atoms with Gasteiger partial charge in [-0.1, -0.05) is 0 Å². The first-order chi connectivity index (χ1) is 8.69. The molecule has 1 aromatic rings. The van der Waals surface area contributed by atoms with Gasteiger partial charge in [0.15, 0.2) is 0 Å². The van der Waals surface area contributed by atoms with Gasteiger partial charge in [-0.15, -0.1) is 37.2 Å². The number of halogens is 3. The summed E-state index contributed by atoms with van der Waals surface area (Å²) in [5.74, 6) is 1.60. The molecule has 2 N–H and O–H groups in total. The van der Waals surface area contributed by atoms with E-state index in [0.29, 0.717) is 5.69 Å². The van der Waals surface area contributed by atoms with Crippen molar-refractivity contribution in [2.24, 2.45) is 5.92 Å². The summed E-state index contributed by atoms with van der Waals surface area (Å²) in [4.78, 5) is 4.92. The van der Waals surface area contributed by atoms with E-state index in [0.717, 1.165) is 30.8 Å². The molecule has 2 atom stereocenters. The number of nitrogen functional groups attached to an aromatic ring is 1. The zero-order valence-electron chi connectivity index (χ0n) is 12.3. The van der Waals surface area contributed by atoms with Crippen molar-refractivity contribution in [1.82, 2.24) is 4.90 Å². The fraction of sp³-hybridized carbons (Fsp3) is 0.571. The number of fused-ring (bicyclic) bond motifs is 1. The number of benzene rings is 1. The van der Waals surface area contributed by atoms with Crippen molar-refractivity contribution >= 4 is 48.6 Å². The molecule has 2 saturated heterocycles. The lowest BCUT2D eigenvalue weighted by Crippen LogP contribution is -2.61. The molecule has 0 aliphatic carbocycles. The number of hydrogen-bond acceptors (Lipinski definition) is 4. The van der Waals surface area contributed by atoms with Gasteiger partial charge in [-0.3, -0.25) is 0 Å². The molecule has 0 saturated carbocycles. The quantitative estimate of drug-likeness (QED) is 0.827. The van der Waals surface area contributed by atoms with Crippen LogP contribution in [0.1, 0.15) is 6.42 Å². The molecule has 0 radical (unpaired) electrons. The van der Waals surface area contributed by atoms with Crippen LogP contribution < -0.4 is 15.4 Å². The molecule has 3 rings (SSSR count). The van der Waals surface area contributed by atoms with E-state index in [4.69, 9.17) is 10.5 Å². The van der Waals surface area contributed by atoms with Crippen LogP contribution >= 0.6 is 37.2 Å². The summed E-state index contributed by atoms with van der Waals surface area (Å²) in [6.45, 7) is 3.51. The molecular weight excluding hydrogens is 333 g/mol. The number of piperidine rings is 1. The Morgan fingerprint density at radius 2 is 1.90 bits per heavy atom. The zero-order chi connectivity index (χ0) is 12.7. The van der Waals surface area contributed by atoms with Gasteiger partial charge in [0.2, 0.25) is 0 Å². The number of anilines is 2. The van der Waals surface area contributed by atoms with Gasteiger partial charge in [-0.2, -0.15) is 0 Å². The maximum absolute atomic E-state index is 5.86. The van der Waals surface area contributed by atoms with Crippen molar-refractivity contribution in [3.05, 3.63) is 18.2 Å². The Bertz CT molecular complexity index is 461. The van der Waals surface area contributed by atoms with Crippen LogP contribution in [0.2, 0.25) is 0 Å². The fourth-order valence-electron chi connectivity index (χ4n) is 3.28. The van der Waals surface area contributed by atoms with Crippen molar-refractivity contribution in [2.75, 3.05) is 44.4 Å². The van der Waals surface area contributed by atoms with Crippen LogP contribution in [0.5, 0.6) is 5.75 Å². The van der Waals surface area contributed by atoms with Crippen molar-refractivity contribution in [1.29, 1.82) is 0 Å². The van der Waals surface area contributed by atoms with Gasteiger partial charge in [-0.05, 0) is 25.6 Å². The molecule has 7 heteroatoms. The smallest absolute Gasteiger partial charge is 0.143 e. The monoisotopic (exact) mass is 355 g/mol. The minimum Gasteiger partial charge on any atom is -0.495 e. The normalized spacial score (nSPS) is 23.6. The maximum Gasteiger partial charge on any atom is 0.143 e. The van der Waals surface area contributed by atoms with Crippen LogP contribution in [-0.2, 0) is 0 Å². The topological polar surface area (TPSA) is 41.7 Å². The van der Waals surface area contributed by atoms with E-state index in [2.05, 4.69) is 29.0 Å². The van der Waals surface area contributed by atoms with E-state index in [1.165, 1.54) is 18.7 Å². The lowest BCUT2D eigenvalue weighted by molar-refractivity contribution is 0.0271. The summed E-state index contributed by atoms with van der Waals surface area (Å²) in [5, 5.41) is 0. The molecule has 4 nitrogen and oxygen atoms in total. The molecule has 2 aliphatic rings. The third kappa shape index (κ3) is 3.81. The molecule has 0 aromatic heterocycles. The SMILES string of the molecule is COc1cc(N2CC[C@@H]3[C@H](C2)CN3C)ccc1N.Cl.Cl.Cl. The second kappa shape index (κ2) is 8.18. The summed E-state index contributed by atoms with van der Waals surface area (Å²) in [6.07, 6.45) is 1.26. The van der Waals surface area contributed by atoms with Gasteiger partial charge < -0.3 is 20.3 Å². The largest absolute Gasteiger partial charge is 0.495 e. The summed E-state index contributed by atoms with van der Waals surface area (Å²) in [6, 6.07) is 6.89. The molecular formula is C14H24Cl3N3O. The lowest BCUT2D eigenvalue weighted by atomic mass is 9.83. The predicted octanol–water partition coefficient (Wildman–Crippen LogP) is 2.68. The summed E-state index contributed by atoms with van der Waals surface area (Å²) in [7, 11) is 3.89. The standard InChI is InChI=1S/C14H21N3O.3ClH/c1-16-8-10-9-17(6-5-13(10)16)11-3-4-12(15)14(7-11)18-2;;;/h3-4,7,10,13H,5-6,8-9,15H2,1-2H3;3*1H/t10-,13+;;;/m0.../s1. The minimum atomic E-state index is 0. The predicted molar refractivity (Wildman–Crippen MR) is 95.9 cm³/mol. The average Bonchev–Trinajstić information content (AvgIpc) is 2.37. The molecule has 0 amide bonds. The molecule has 0 bridgehead atoms. The van der Waals surface area contributed by atoms with Gasteiger partial charge in [0.1, 0.15) is 5.75 Å². The number of hydrogen-bond donors (Lipinski definition) is 1. The van der Waals surface area contributed by atoms with Crippen LogP contribution in [0.25, 0.3) is 0 Å². The van der Waals surface area contributed by atoms with E-state index >= 15 is 0 Å². The van der Waals surface area contributed by atoms with Crippen molar-refractivity contribution in [3.8, 4) is 5.75 Å². The van der Waals surface area contributed by atoms with Gasteiger partial charge in [0.05, 0.1) is 12.8 Å². The Hall–Kier alpha value is -0.550. The molecule has 2 aliphatic heterocycles. The molecule has 0 spiro atoms. The van der Waals surface area contributed by atoms with Crippen LogP contribution in [0.3, 0.4) is 0 Å². The van der Waals surface area contributed by atoms with Crippen LogP contribution in [0, 0.1) is 5.92 Å². The van der Waals surface area contributed by atoms with E-state index in [-0.39, 0.29) is 37.2 Å². The van der Waals surface area contributed by atoms with E-state index in [1.807, 2.05) is 6.07 Å². The molecule has 122 valence electrons. The number of nitrogens with two attached hydrogens (primary N) is 1. The van der Waals surface area contributed by atoms with Crippen LogP contribution in [-0.4, -0.2) is 44.7 Å². The highest BCUT2D eigenvalue weighted by Gasteiger charge is 2.40. The first-order valence-electron chi connectivity index (χ1n) is 6.57. The maximum atomic E-state index is 5.86. The van der Waals surface area contributed by atoms with E-state index in [1.54, 1.807) is 7.11 Å². The second-order valence-electron chi connectivity index (χ2n) is 5.43. The molecule has 21 heavy (non-hydrogen) atoms. The Balaban J connectivity index is 0.00000133. The summed E-state index contributed by atoms with van der Waals surface area (Å²) in [5.41, 5.74) is 7.80. The van der Waals surface area contributed by atoms with Crippen molar-refractivity contribution in [3.63, 3.8) is 0 Å². The zero-order valence-corrected chi connectivity index (χ0v) is 14.8. The number of rotatable bonds is 2. The number of likely N-dealkylation sites (tertiary alicyclic amines) is 1. The van der Waals surface area contributed by atoms with Crippen LogP contribution in [0.4, 0.5) is 11.4 Å². The Morgan fingerprint density at radius 1 is 1.19 bits per heavy atom. The third-order valence-electron chi connectivity index (χ3n) is 4.36. The Labute approximate surface area is 145 Å². The first kappa shape index (κ1) is 20.5.